The molecule has 0 bridgehead atoms. The quantitative estimate of drug-likeness (QED) is 0.436. The van der Waals surface area contributed by atoms with Gasteiger partial charge in [-0.05, 0) is 73.2 Å². The zero-order valence-electron chi connectivity index (χ0n) is 17.9. The van der Waals surface area contributed by atoms with Crippen LogP contribution in [0.1, 0.15) is 24.5 Å². The second-order valence-electron chi connectivity index (χ2n) is 8.44. The number of hydrogen-bond acceptors (Lipinski definition) is 5. The van der Waals surface area contributed by atoms with Crippen molar-refractivity contribution in [3.05, 3.63) is 60.2 Å². The first-order valence-corrected chi connectivity index (χ1v) is 11.7. The molecule has 1 saturated heterocycles. The standard InChI is InChI=1S/C25H28N4OS/c1-17(2)23-20-16-18(9-10-21(20)26-25(23)30)6-5-11-28-12-14-29(15-13-28)24-19-7-3-4-8-22(19)31-27-24/h3-4,7-10,16,26,30H,1,5-6,11-15H2,2H3. The van der Waals surface area contributed by atoms with Gasteiger partial charge in [0.1, 0.15) is 5.82 Å². The van der Waals surface area contributed by atoms with Gasteiger partial charge in [-0.15, -0.1) is 0 Å². The molecular weight excluding hydrogens is 404 g/mol. The maximum atomic E-state index is 10.2. The number of aryl methyl sites for hydroxylation is 1. The zero-order chi connectivity index (χ0) is 21.4. The first-order valence-electron chi connectivity index (χ1n) is 10.9. The summed E-state index contributed by atoms with van der Waals surface area (Å²) < 4.78 is 5.98. The van der Waals surface area contributed by atoms with Crippen molar-refractivity contribution in [1.29, 1.82) is 0 Å². The largest absolute Gasteiger partial charge is 0.494 e. The summed E-state index contributed by atoms with van der Waals surface area (Å²) in [6, 6.07) is 14.9. The molecule has 1 aliphatic rings. The number of piperazine rings is 1. The Bertz CT molecular complexity index is 1230. The highest BCUT2D eigenvalue weighted by Gasteiger charge is 2.20. The molecule has 0 unspecified atom stereocenters. The van der Waals surface area contributed by atoms with E-state index in [-0.39, 0.29) is 5.88 Å². The number of nitrogens with one attached hydrogen (secondary N) is 1. The first kappa shape index (κ1) is 20.1. The number of aromatic nitrogens is 2. The van der Waals surface area contributed by atoms with Gasteiger partial charge in [0.25, 0.3) is 0 Å². The molecule has 2 aromatic carbocycles. The van der Waals surface area contributed by atoms with Crippen molar-refractivity contribution in [2.75, 3.05) is 37.6 Å². The lowest BCUT2D eigenvalue weighted by Crippen LogP contribution is -2.46. The number of fused-ring (bicyclic) bond motifs is 2. The maximum absolute atomic E-state index is 10.2. The molecule has 2 N–H and O–H groups in total. The number of allylic oxidation sites excluding steroid dienone is 1. The molecule has 1 fully saturated rings. The minimum absolute atomic E-state index is 0.213. The van der Waals surface area contributed by atoms with Gasteiger partial charge in [0.15, 0.2) is 5.88 Å². The monoisotopic (exact) mass is 432 g/mol. The summed E-state index contributed by atoms with van der Waals surface area (Å²) in [4.78, 5) is 8.04. The van der Waals surface area contributed by atoms with Gasteiger partial charge in [0, 0.05) is 48.0 Å². The van der Waals surface area contributed by atoms with Crippen LogP contribution in [-0.4, -0.2) is 52.1 Å². The van der Waals surface area contributed by atoms with Crippen LogP contribution in [-0.2, 0) is 6.42 Å². The highest BCUT2D eigenvalue weighted by atomic mass is 32.1. The first-order chi connectivity index (χ1) is 15.1. The smallest absolute Gasteiger partial charge is 0.197 e. The fourth-order valence-electron chi connectivity index (χ4n) is 4.60. The normalized spacial score (nSPS) is 15.2. The van der Waals surface area contributed by atoms with Gasteiger partial charge in [0.05, 0.1) is 4.70 Å². The lowest BCUT2D eigenvalue weighted by molar-refractivity contribution is 0.255. The van der Waals surface area contributed by atoms with Crippen LogP contribution in [0.4, 0.5) is 5.82 Å². The highest BCUT2D eigenvalue weighted by molar-refractivity contribution is 7.13. The van der Waals surface area contributed by atoms with Crippen molar-refractivity contribution in [2.24, 2.45) is 0 Å². The van der Waals surface area contributed by atoms with Crippen LogP contribution >= 0.6 is 11.5 Å². The zero-order valence-corrected chi connectivity index (χ0v) is 18.7. The number of H-pyrrole nitrogens is 1. The Morgan fingerprint density at radius 1 is 1.13 bits per heavy atom. The molecule has 160 valence electrons. The summed E-state index contributed by atoms with van der Waals surface area (Å²) in [5, 5.41) is 12.5. The molecule has 4 aromatic rings. The lowest BCUT2D eigenvalue weighted by Gasteiger charge is -2.35. The van der Waals surface area contributed by atoms with E-state index in [4.69, 9.17) is 4.37 Å². The Morgan fingerprint density at radius 3 is 2.74 bits per heavy atom. The molecule has 0 aliphatic carbocycles. The second kappa shape index (κ2) is 8.36. The number of rotatable bonds is 6. The molecule has 5 rings (SSSR count). The van der Waals surface area contributed by atoms with E-state index in [1.807, 2.05) is 6.92 Å². The summed E-state index contributed by atoms with van der Waals surface area (Å²) in [7, 11) is 0. The molecule has 2 aromatic heterocycles. The fraction of sp³-hybridized carbons (Fsp3) is 0.320. The van der Waals surface area contributed by atoms with Crippen molar-refractivity contribution in [3.8, 4) is 5.88 Å². The van der Waals surface area contributed by atoms with Crippen LogP contribution < -0.4 is 4.90 Å². The molecule has 5 nitrogen and oxygen atoms in total. The molecule has 0 radical (unpaired) electrons. The lowest BCUT2D eigenvalue weighted by atomic mass is 10.0. The molecule has 1 aliphatic heterocycles. The van der Waals surface area contributed by atoms with Crippen LogP contribution in [0.5, 0.6) is 5.88 Å². The van der Waals surface area contributed by atoms with E-state index in [1.165, 1.54) is 15.6 Å². The molecule has 3 heterocycles. The predicted molar refractivity (Wildman–Crippen MR) is 131 cm³/mol. The third kappa shape index (κ3) is 3.93. The van der Waals surface area contributed by atoms with Gasteiger partial charge in [0.2, 0.25) is 0 Å². The molecule has 0 saturated carbocycles. The summed E-state index contributed by atoms with van der Waals surface area (Å²) >= 11 is 1.60. The Morgan fingerprint density at radius 2 is 1.94 bits per heavy atom. The molecule has 31 heavy (non-hydrogen) atoms. The van der Waals surface area contributed by atoms with E-state index in [0.29, 0.717) is 0 Å². The average molecular weight is 433 g/mol. The number of nitrogens with zero attached hydrogens (tertiary/aromatic N) is 3. The van der Waals surface area contributed by atoms with E-state index < -0.39 is 0 Å². The maximum Gasteiger partial charge on any atom is 0.197 e. The topological polar surface area (TPSA) is 55.4 Å². The summed E-state index contributed by atoms with van der Waals surface area (Å²) in [6.07, 6.45) is 2.17. The van der Waals surface area contributed by atoms with Crippen molar-refractivity contribution < 1.29 is 5.11 Å². The molecule has 6 heteroatoms. The van der Waals surface area contributed by atoms with Crippen molar-refractivity contribution >= 4 is 43.9 Å². The minimum Gasteiger partial charge on any atom is -0.494 e. The Kier molecular flexibility index (Phi) is 5.42. The summed E-state index contributed by atoms with van der Waals surface area (Å²) in [5.74, 6) is 1.36. The molecule has 0 atom stereocenters. The van der Waals surface area contributed by atoms with Gasteiger partial charge in [-0.1, -0.05) is 24.8 Å². The van der Waals surface area contributed by atoms with Crippen LogP contribution in [0, 0.1) is 0 Å². The SMILES string of the molecule is C=C(C)c1c(O)[nH]c2ccc(CCCN3CCN(c4nsc5ccccc45)CC3)cc12. The average Bonchev–Trinajstić information content (AvgIpc) is 3.34. The summed E-state index contributed by atoms with van der Waals surface area (Å²) in [5.41, 5.74) is 3.99. The number of hydrogen-bond donors (Lipinski definition) is 2. The van der Waals surface area contributed by atoms with E-state index in [1.54, 1.807) is 11.5 Å². The summed E-state index contributed by atoms with van der Waals surface area (Å²) in [6.45, 7) is 11.3. The number of anilines is 1. The van der Waals surface area contributed by atoms with Crippen LogP contribution in [0.15, 0.2) is 49.0 Å². The van der Waals surface area contributed by atoms with Gasteiger partial charge in [-0.25, -0.2) is 0 Å². The van der Waals surface area contributed by atoms with Gasteiger partial charge < -0.3 is 15.0 Å². The van der Waals surface area contributed by atoms with Gasteiger partial charge >= 0.3 is 0 Å². The third-order valence-electron chi connectivity index (χ3n) is 6.24. The molecule has 0 amide bonds. The Balaban J connectivity index is 1.17. The molecule has 0 spiro atoms. The number of benzene rings is 2. The third-order valence-corrected chi connectivity index (χ3v) is 7.06. The van der Waals surface area contributed by atoms with Crippen molar-refractivity contribution in [2.45, 2.75) is 19.8 Å². The second-order valence-corrected chi connectivity index (χ2v) is 9.25. The van der Waals surface area contributed by atoms with Crippen LogP contribution in [0.3, 0.4) is 0 Å². The van der Waals surface area contributed by atoms with Crippen molar-refractivity contribution in [3.63, 3.8) is 0 Å². The van der Waals surface area contributed by atoms with Crippen molar-refractivity contribution in [1.82, 2.24) is 14.3 Å². The fourth-order valence-corrected chi connectivity index (χ4v) is 5.40. The highest BCUT2D eigenvalue weighted by Crippen LogP contribution is 2.33. The number of aromatic amines is 1. The van der Waals surface area contributed by atoms with Crippen LogP contribution in [0.25, 0.3) is 26.6 Å². The Labute approximate surface area is 186 Å². The van der Waals surface area contributed by atoms with E-state index >= 15 is 0 Å². The minimum atomic E-state index is 0.213. The van der Waals surface area contributed by atoms with E-state index in [0.717, 1.165) is 73.4 Å². The molecular formula is C25H28N4OS. The predicted octanol–water partition coefficient (Wildman–Crippen LogP) is 5.27. The van der Waals surface area contributed by atoms with E-state index in [2.05, 4.69) is 63.8 Å². The van der Waals surface area contributed by atoms with Gasteiger partial charge in [-0.2, -0.15) is 4.37 Å². The number of aromatic hydroxyl groups is 1. The van der Waals surface area contributed by atoms with Gasteiger partial charge in [-0.3, -0.25) is 4.90 Å². The van der Waals surface area contributed by atoms with E-state index in [9.17, 15) is 5.11 Å². The van der Waals surface area contributed by atoms with Crippen LogP contribution in [0.2, 0.25) is 0 Å². The Hall–Kier alpha value is -2.83.